The summed E-state index contributed by atoms with van der Waals surface area (Å²) in [6.45, 7) is 4.77. The van der Waals surface area contributed by atoms with E-state index >= 15 is 0 Å². The molecule has 0 saturated heterocycles. The number of hydrogen-bond donors (Lipinski definition) is 0. The van der Waals surface area contributed by atoms with E-state index in [1.54, 1.807) is 0 Å². The molecule has 5 aromatic carbocycles. The number of hydrogen-bond acceptors (Lipinski definition) is 2. The van der Waals surface area contributed by atoms with Gasteiger partial charge < -0.3 is 9.32 Å². The van der Waals surface area contributed by atoms with Crippen LogP contribution in [-0.4, -0.2) is 0 Å². The van der Waals surface area contributed by atoms with Crippen LogP contribution in [0.4, 0.5) is 11.4 Å². The van der Waals surface area contributed by atoms with Gasteiger partial charge in [-0.25, -0.2) is 0 Å². The zero-order valence-electron chi connectivity index (χ0n) is 25.4. The molecule has 3 aliphatic rings. The van der Waals surface area contributed by atoms with Gasteiger partial charge >= 0.3 is 0 Å². The number of furan rings is 1. The van der Waals surface area contributed by atoms with E-state index in [4.69, 9.17) is 4.42 Å². The van der Waals surface area contributed by atoms with Crippen LogP contribution < -0.4 is 4.90 Å². The second kappa shape index (κ2) is 9.84. The van der Waals surface area contributed by atoms with Crippen molar-refractivity contribution in [3.05, 3.63) is 174 Å². The summed E-state index contributed by atoms with van der Waals surface area (Å²) in [4.78, 5) is 2.53. The molecule has 0 radical (unpaired) electrons. The van der Waals surface area contributed by atoms with Crippen molar-refractivity contribution in [3.8, 4) is 11.1 Å². The van der Waals surface area contributed by atoms with Crippen molar-refractivity contribution in [1.82, 2.24) is 0 Å². The molecule has 2 atom stereocenters. The van der Waals surface area contributed by atoms with E-state index in [-0.39, 0.29) is 17.3 Å². The van der Waals surface area contributed by atoms with Crippen molar-refractivity contribution >= 4 is 38.9 Å². The fraction of sp³-hybridized carbons (Fsp3) is 0.116. The first-order valence-corrected chi connectivity index (χ1v) is 15.9. The minimum absolute atomic E-state index is 0.0926. The van der Waals surface area contributed by atoms with Crippen molar-refractivity contribution in [2.24, 2.45) is 11.8 Å². The van der Waals surface area contributed by atoms with Crippen LogP contribution in [0.25, 0.3) is 38.6 Å². The Hall–Kier alpha value is -5.34. The average molecular weight is 580 g/mol. The zero-order valence-corrected chi connectivity index (χ0v) is 25.4. The lowest BCUT2D eigenvalue weighted by atomic mass is 9.72. The smallest absolute Gasteiger partial charge is 0.135 e. The third-order valence-electron chi connectivity index (χ3n) is 10.0. The van der Waals surface area contributed by atoms with Crippen LogP contribution in [0.1, 0.15) is 25.0 Å². The number of fused-ring (bicyclic) bond motifs is 7. The van der Waals surface area contributed by atoms with E-state index < -0.39 is 0 Å². The Balaban J connectivity index is 1.33. The third-order valence-corrected chi connectivity index (χ3v) is 10.0. The van der Waals surface area contributed by atoms with E-state index in [1.807, 2.05) is 6.07 Å². The van der Waals surface area contributed by atoms with Gasteiger partial charge in [-0.05, 0) is 64.2 Å². The van der Waals surface area contributed by atoms with Gasteiger partial charge in [0.1, 0.15) is 11.2 Å². The van der Waals surface area contributed by atoms with Crippen LogP contribution in [0, 0.1) is 11.8 Å². The number of rotatable bonds is 4. The van der Waals surface area contributed by atoms with Crippen LogP contribution in [0.15, 0.2) is 167 Å². The summed E-state index contributed by atoms with van der Waals surface area (Å²) >= 11 is 0. The minimum Gasteiger partial charge on any atom is -0.456 e. The Labute approximate surface area is 263 Å². The van der Waals surface area contributed by atoms with Gasteiger partial charge in [0.15, 0.2) is 0 Å². The van der Waals surface area contributed by atoms with Crippen LogP contribution in [-0.2, 0) is 5.41 Å². The molecule has 0 spiro atoms. The fourth-order valence-electron chi connectivity index (χ4n) is 7.81. The second-order valence-corrected chi connectivity index (χ2v) is 12.9. The van der Waals surface area contributed by atoms with Crippen molar-refractivity contribution in [2.75, 3.05) is 4.90 Å². The second-order valence-electron chi connectivity index (χ2n) is 12.9. The predicted octanol–water partition coefficient (Wildman–Crippen LogP) is 11.4. The van der Waals surface area contributed by atoms with Crippen molar-refractivity contribution in [3.63, 3.8) is 0 Å². The molecule has 216 valence electrons. The lowest BCUT2D eigenvalue weighted by molar-refractivity contribution is 0.584. The van der Waals surface area contributed by atoms with Gasteiger partial charge in [-0.2, -0.15) is 0 Å². The van der Waals surface area contributed by atoms with Gasteiger partial charge in [0, 0.05) is 50.7 Å². The largest absolute Gasteiger partial charge is 0.456 e. The summed E-state index contributed by atoms with van der Waals surface area (Å²) < 4.78 is 6.27. The van der Waals surface area contributed by atoms with Crippen LogP contribution >= 0.6 is 0 Å². The van der Waals surface area contributed by atoms with Crippen LogP contribution in [0.5, 0.6) is 0 Å². The maximum absolute atomic E-state index is 6.27. The number of anilines is 2. The fourth-order valence-corrected chi connectivity index (χ4v) is 7.81. The Kier molecular flexibility index (Phi) is 5.70. The van der Waals surface area contributed by atoms with Gasteiger partial charge in [-0.3, -0.25) is 0 Å². The lowest BCUT2D eigenvalue weighted by Gasteiger charge is -2.40. The number of benzene rings is 5. The molecular formula is C43H33NO. The van der Waals surface area contributed by atoms with Gasteiger partial charge in [0.2, 0.25) is 0 Å². The molecule has 3 aliphatic carbocycles. The van der Waals surface area contributed by atoms with Gasteiger partial charge in [-0.1, -0.05) is 129 Å². The van der Waals surface area contributed by atoms with E-state index in [1.165, 1.54) is 39.1 Å². The molecule has 45 heavy (non-hydrogen) atoms. The van der Waals surface area contributed by atoms with Crippen molar-refractivity contribution in [2.45, 2.75) is 19.3 Å². The number of para-hydroxylation sites is 1. The normalized spacial score (nSPS) is 19.4. The molecule has 9 rings (SSSR count). The maximum Gasteiger partial charge on any atom is 0.135 e. The third kappa shape index (κ3) is 3.95. The first-order chi connectivity index (χ1) is 22.1. The molecular weight excluding hydrogens is 546 g/mol. The Bertz CT molecular complexity index is 2240. The lowest BCUT2D eigenvalue weighted by Crippen LogP contribution is -2.31. The van der Waals surface area contributed by atoms with Crippen LogP contribution in [0.3, 0.4) is 0 Å². The summed E-state index contributed by atoms with van der Waals surface area (Å²) in [5.41, 5.74) is 13.3. The first kappa shape index (κ1) is 26.1. The molecule has 0 N–H and O–H groups in total. The molecule has 2 heteroatoms. The molecule has 0 bridgehead atoms. The highest BCUT2D eigenvalue weighted by atomic mass is 16.3. The average Bonchev–Trinajstić information content (AvgIpc) is 3.57. The molecule has 6 aromatic rings. The van der Waals surface area contributed by atoms with Crippen LogP contribution in [0.2, 0.25) is 0 Å². The summed E-state index contributed by atoms with van der Waals surface area (Å²) in [5, 5.41) is 2.27. The standard InChI is InChI=1S/C43H33NO/c1-43(2)37-18-10-8-17-35(37)41-38(43)26-30-14-6-7-15-33(30)42(41)44(31-22-20-29(21-23-31)28-12-4-3-5-13-28)32-24-25-40-36(27-32)34-16-9-11-19-39(34)45-40/h3-27,30,33H,1-2H3. The predicted molar refractivity (Wildman–Crippen MR) is 187 cm³/mol. The number of nitrogens with zero attached hydrogens (tertiary/aromatic N) is 1. The van der Waals surface area contributed by atoms with E-state index in [9.17, 15) is 0 Å². The summed E-state index contributed by atoms with van der Waals surface area (Å²) in [6, 6.07) is 43.8. The maximum atomic E-state index is 6.27. The summed E-state index contributed by atoms with van der Waals surface area (Å²) in [6.07, 6.45) is 11.7. The monoisotopic (exact) mass is 579 g/mol. The quantitative estimate of drug-likeness (QED) is 0.207. The molecule has 1 aromatic heterocycles. The van der Waals surface area contributed by atoms with Crippen molar-refractivity contribution < 1.29 is 4.42 Å². The van der Waals surface area contributed by atoms with Gasteiger partial charge in [0.05, 0.1) is 0 Å². The van der Waals surface area contributed by atoms with Gasteiger partial charge in [0.25, 0.3) is 0 Å². The van der Waals surface area contributed by atoms with Crippen molar-refractivity contribution in [1.29, 1.82) is 0 Å². The summed E-state index contributed by atoms with van der Waals surface area (Å²) in [5.74, 6) is 0.475. The molecule has 0 saturated carbocycles. The Morgan fingerprint density at radius 3 is 2.18 bits per heavy atom. The van der Waals surface area contributed by atoms with E-state index in [2.05, 4.69) is 164 Å². The van der Waals surface area contributed by atoms with E-state index in [0.29, 0.717) is 0 Å². The topological polar surface area (TPSA) is 16.4 Å². The molecule has 1 heterocycles. The Morgan fingerprint density at radius 1 is 0.622 bits per heavy atom. The molecule has 0 fully saturated rings. The SMILES string of the molecule is CC1(C)C2=CC3C=CC=CC3C(N(c3ccc(-c4ccccc4)cc3)c3ccc4oc5ccccc5c4c3)=C2c2ccccc21. The number of allylic oxidation sites excluding steroid dienone is 7. The zero-order chi connectivity index (χ0) is 30.1. The molecule has 0 amide bonds. The summed E-state index contributed by atoms with van der Waals surface area (Å²) in [7, 11) is 0. The first-order valence-electron chi connectivity index (χ1n) is 15.9. The molecule has 2 unspecified atom stereocenters. The highest BCUT2D eigenvalue weighted by molar-refractivity contribution is 6.06. The van der Waals surface area contributed by atoms with E-state index in [0.717, 1.165) is 33.3 Å². The minimum atomic E-state index is -0.0926. The molecule has 0 aliphatic heterocycles. The Morgan fingerprint density at radius 2 is 1.31 bits per heavy atom. The highest BCUT2D eigenvalue weighted by Gasteiger charge is 2.45. The molecule has 2 nitrogen and oxygen atoms in total. The van der Waals surface area contributed by atoms with Gasteiger partial charge in [-0.15, -0.1) is 0 Å². The highest BCUT2D eigenvalue weighted by Crippen LogP contribution is 2.57.